The first-order valence-electron chi connectivity index (χ1n) is 9.37. The van der Waals surface area contributed by atoms with E-state index in [1.165, 1.54) is 12.1 Å². The maximum absolute atomic E-state index is 14.3. The van der Waals surface area contributed by atoms with Crippen molar-refractivity contribution in [3.05, 3.63) is 93.2 Å². The first-order chi connectivity index (χ1) is 14.5. The van der Waals surface area contributed by atoms with Crippen LogP contribution >= 0.6 is 23.2 Å². The van der Waals surface area contributed by atoms with E-state index in [1.54, 1.807) is 35.2 Å². The number of benzene rings is 3. The van der Waals surface area contributed by atoms with Gasteiger partial charge < -0.3 is 14.4 Å². The number of carbonyl (C=O) groups excluding carboxylic acids is 1. The molecule has 0 saturated heterocycles. The van der Waals surface area contributed by atoms with Crippen molar-refractivity contribution in [2.24, 2.45) is 0 Å². The standard InChI is InChI=1S/C23H18Cl2FNO3/c24-17-7-6-16(19(25)12-17)9-10-27(23(28)18-3-1-2-4-20(18)26)13-15-5-8-21-22(11-15)30-14-29-21/h1-8,11-12H,9-10,13-14H2. The lowest BCUT2D eigenvalue weighted by Gasteiger charge is -2.24. The predicted molar refractivity (Wildman–Crippen MR) is 114 cm³/mol. The van der Waals surface area contributed by atoms with E-state index in [1.807, 2.05) is 18.2 Å². The van der Waals surface area contributed by atoms with Gasteiger partial charge in [-0.3, -0.25) is 4.79 Å². The Bertz CT molecular complexity index is 1090. The first kappa shape index (κ1) is 20.5. The molecule has 1 aliphatic rings. The quantitative estimate of drug-likeness (QED) is 0.484. The maximum Gasteiger partial charge on any atom is 0.257 e. The van der Waals surface area contributed by atoms with Gasteiger partial charge in [0.1, 0.15) is 5.82 Å². The van der Waals surface area contributed by atoms with E-state index in [0.29, 0.717) is 34.5 Å². The van der Waals surface area contributed by atoms with Gasteiger partial charge in [-0.15, -0.1) is 0 Å². The first-order valence-corrected chi connectivity index (χ1v) is 10.1. The van der Waals surface area contributed by atoms with Crippen molar-refractivity contribution < 1.29 is 18.7 Å². The van der Waals surface area contributed by atoms with Crippen molar-refractivity contribution in [1.29, 1.82) is 0 Å². The fraction of sp³-hybridized carbons (Fsp3) is 0.174. The van der Waals surface area contributed by atoms with Crippen molar-refractivity contribution in [2.45, 2.75) is 13.0 Å². The van der Waals surface area contributed by atoms with Gasteiger partial charge in [0.15, 0.2) is 11.5 Å². The van der Waals surface area contributed by atoms with Crippen LogP contribution in [0, 0.1) is 5.82 Å². The third-order valence-electron chi connectivity index (χ3n) is 4.87. The second-order valence-electron chi connectivity index (χ2n) is 6.88. The van der Waals surface area contributed by atoms with Crippen molar-refractivity contribution in [3.63, 3.8) is 0 Å². The zero-order chi connectivity index (χ0) is 21.1. The average Bonchev–Trinajstić information content (AvgIpc) is 3.20. The van der Waals surface area contributed by atoms with Gasteiger partial charge in [0.25, 0.3) is 5.91 Å². The Hall–Kier alpha value is -2.76. The van der Waals surface area contributed by atoms with Crippen molar-refractivity contribution in [1.82, 2.24) is 4.90 Å². The SMILES string of the molecule is O=C(c1ccccc1F)N(CCc1ccc(Cl)cc1Cl)Cc1ccc2c(c1)OCO2. The van der Waals surface area contributed by atoms with Crippen LogP contribution in [0.2, 0.25) is 10.0 Å². The number of hydrogen-bond acceptors (Lipinski definition) is 3. The summed E-state index contributed by atoms with van der Waals surface area (Å²) in [4.78, 5) is 14.7. The number of amides is 1. The molecular formula is C23H18Cl2FNO3. The van der Waals surface area contributed by atoms with Gasteiger partial charge in [-0.05, 0) is 53.9 Å². The summed E-state index contributed by atoms with van der Waals surface area (Å²) in [7, 11) is 0. The predicted octanol–water partition coefficient (Wildman–Crippen LogP) is 5.75. The monoisotopic (exact) mass is 445 g/mol. The minimum absolute atomic E-state index is 0.0282. The van der Waals surface area contributed by atoms with Crippen LogP contribution < -0.4 is 9.47 Å². The van der Waals surface area contributed by atoms with E-state index in [0.717, 1.165) is 11.1 Å². The zero-order valence-electron chi connectivity index (χ0n) is 15.9. The second kappa shape index (κ2) is 8.94. The molecule has 0 bridgehead atoms. The molecule has 0 spiro atoms. The van der Waals surface area contributed by atoms with Crippen LogP contribution in [0.5, 0.6) is 11.5 Å². The molecule has 0 aromatic heterocycles. The highest BCUT2D eigenvalue weighted by Crippen LogP contribution is 2.33. The van der Waals surface area contributed by atoms with E-state index in [4.69, 9.17) is 32.7 Å². The topological polar surface area (TPSA) is 38.8 Å². The zero-order valence-corrected chi connectivity index (χ0v) is 17.4. The Balaban J connectivity index is 1.58. The highest BCUT2D eigenvalue weighted by molar-refractivity contribution is 6.35. The van der Waals surface area contributed by atoms with Crippen LogP contribution in [0.1, 0.15) is 21.5 Å². The van der Waals surface area contributed by atoms with Gasteiger partial charge in [0.05, 0.1) is 5.56 Å². The molecule has 0 aliphatic carbocycles. The lowest BCUT2D eigenvalue weighted by molar-refractivity contribution is 0.0740. The molecule has 0 N–H and O–H groups in total. The Labute approximate surface area is 183 Å². The van der Waals surface area contributed by atoms with E-state index in [2.05, 4.69) is 0 Å². The fourth-order valence-electron chi connectivity index (χ4n) is 3.30. The highest BCUT2D eigenvalue weighted by Gasteiger charge is 2.21. The van der Waals surface area contributed by atoms with Crippen molar-refractivity contribution in [3.8, 4) is 11.5 Å². The number of rotatable bonds is 6. The van der Waals surface area contributed by atoms with Crippen LogP contribution in [0.3, 0.4) is 0 Å². The summed E-state index contributed by atoms with van der Waals surface area (Å²) in [6, 6.07) is 16.7. The summed E-state index contributed by atoms with van der Waals surface area (Å²) in [5.74, 6) is 0.351. The number of carbonyl (C=O) groups is 1. The summed E-state index contributed by atoms with van der Waals surface area (Å²) in [5.41, 5.74) is 1.74. The molecule has 0 radical (unpaired) electrons. The highest BCUT2D eigenvalue weighted by atomic mass is 35.5. The molecular weight excluding hydrogens is 428 g/mol. The van der Waals surface area contributed by atoms with Crippen LogP contribution in [0.25, 0.3) is 0 Å². The number of fused-ring (bicyclic) bond motifs is 1. The van der Waals surface area contributed by atoms with E-state index < -0.39 is 11.7 Å². The van der Waals surface area contributed by atoms with Crippen LogP contribution in [0.15, 0.2) is 60.7 Å². The molecule has 4 nitrogen and oxygen atoms in total. The largest absolute Gasteiger partial charge is 0.454 e. The number of hydrogen-bond donors (Lipinski definition) is 0. The molecule has 7 heteroatoms. The van der Waals surface area contributed by atoms with Crippen molar-refractivity contribution >= 4 is 29.1 Å². The summed E-state index contributed by atoms with van der Waals surface area (Å²) in [6.07, 6.45) is 0.501. The fourth-order valence-corrected chi connectivity index (χ4v) is 3.80. The van der Waals surface area contributed by atoms with Gasteiger partial charge in [0, 0.05) is 23.1 Å². The summed E-state index contributed by atoms with van der Waals surface area (Å²) in [5, 5.41) is 1.08. The minimum Gasteiger partial charge on any atom is -0.454 e. The summed E-state index contributed by atoms with van der Waals surface area (Å²) >= 11 is 12.2. The van der Waals surface area contributed by atoms with E-state index >= 15 is 0 Å². The molecule has 1 amide bonds. The lowest BCUT2D eigenvalue weighted by atomic mass is 10.1. The Morgan fingerprint density at radius 3 is 2.60 bits per heavy atom. The van der Waals surface area contributed by atoms with Gasteiger partial charge in [-0.25, -0.2) is 4.39 Å². The molecule has 3 aromatic carbocycles. The molecule has 4 rings (SSSR count). The molecule has 1 aliphatic heterocycles. The van der Waals surface area contributed by atoms with Crippen LogP contribution in [0.4, 0.5) is 4.39 Å². The van der Waals surface area contributed by atoms with Gasteiger partial charge in [-0.2, -0.15) is 0 Å². The third kappa shape index (κ3) is 4.53. The normalized spacial score (nSPS) is 12.1. The molecule has 0 atom stereocenters. The molecule has 0 unspecified atom stereocenters. The molecule has 0 saturated carbocycles. The Kier molecular flexibility index (Phi) is 6.11. The van der Waals surface area contributed by atoms with E-state index in [9.17, 15) is 9.18 Å². The number of halogens is 3. The van der Waals surface area contributed by atoms with E-state index in [-0.39, 0.29) is 18.9 Å². The molecule has 0 fully saturated rings. The van der Waals surface area contributed by atoms with Crippen LogP contribution in [-0.2, 0) is 13.0 Å². The van der Waals surface area contributed by atoms with Gasteiger partial charge in [0.2, 0.25) is 6.79 Å². The molecule has 3 aromatic rings. The lowest BCUT2D eigenvalue weighted by Crippen LogP contribution is -2.33. The minimum atomic E-state index is -0.553. The second-order valence-corrected chi connectivity index (χ2v) is 7.72. The molecule has 30 heavy (non-hydrogen) atoms. The van der Waals surface area contributed by atoms with Crippen molar-refractivity contribution in [2.75, 3.05) is 13.3 Å². The van der Waals surface area contributed by atoms with Crippen LogP contribution in [-0.4, -0.2) is 24.1 Å². The Morgan fingerprint density at radius 1 is 1.00 bits per heavy atom. The maximum atomic E-state index is 14.3. The number of nitrogens with zero attached hydrogens (tertiary/aromatic N) is 1. The van der Waals surface area contributed by atoms with Gasteiger partial charge in [-0.1, -0.05) is 47.5 Å². The van der Waals surface area contributed by atoms with Gasteiger partial charge >= 0.3 is 0 Å². The average molecular weight is 446 g/mol. The molecule has 154 valence electrons. The Morgan fingerprint density at radius 2 is 1.80 bits per heavy atom. The summed E-state index contributed by atoms with van der Waals surface area (Å²) in [6.45, 7) is 0.809. The smallest absolute Gasteiger partial charge is 0.257 e. The summed E-state index contributed by atoms with van der Waals surface area (Å²) < 4.78 is 25.0. The number of ether oxygens (including phenoxy) is 2. The molecule has 1 heterocycles. The third-order valence-corrected chi connectivity index (χ3v) is 5.46.